The first-order valence-corrected chi connectivity index (χ1v) is 5.74. The predicted octanol–water partition coefficient (Wildman–Crippen LogP) is 2.28. The van der Waals surface area contributed by atoms with Gasteiger partial charge in [-0.1, -0.05) is 6.07 Å². The van der Waals surface area contributed by atoms with Crippen LogP contribution >= 0.6 is 11.8 Å². The molecule has 0 aliphatic heterocycles. The molecule has 0 aliphatic rings. The number of aromatic nitrogens is 2. The average molecular weight is 208 g/mol. The number of benzene rings is 1. The van der Waals surface area contributed by atoms with Crippen molar-refractivity contribution in [1.29, 1.82) is 0 Å². The number of nitrogens with one attached hydrogen (secondary N) is 2. The van der Waals surface area contributed by atoms with Crippen LogP contribution in [-0.4, -0.2) is 16.2 Å². The lowest BCUT2D eigenvalue weighted by Gasteiger charge is -2.07. The van der Waals surface area contributed by atoms with Crippen LogP contribution in [0.2, 0.25) is 0 Å². The lowest BCUT2D eigenvalue weighted by atomic mass is 10.1. The van der Waals surface area contributed by atoms with Gasteiger partial charge in [0.25, 0.3) is 0 Å². The van der Waals surface area contributed by atoms with Crippen molar-refractivity contribution in [3.05, 3.63) is 34.2 Å². The molecule has 0 amide bonds. The Balaban J connectivity index is 2.55. The quantitative estimate of drug-likeness (QED) is 0.795. The van der Waals surface area contributed by atoms with Crippen LogP contribution < -0.4 is 5.69 Å². The minimum absolute atomic E-state index is 0.144. The second-order valence-corrected chi connectivity index (χ2v) is 4.44. The summed E-state index contributed by atoms with van der Waals surface area (Å²) in [7, 11) is 0. The standard InChI is InChI=1S/C10H12N2OS/c1-6(14-2)7-3-4-8-9(5-7)12-10(13)11-8/h3-6H,1-2H3,(H2,11,12,13). The molecule has 0 saturated carbocycles. The zero-order chi connectivity index (χ0) is 10.1. The third kappa shape index (κ3) is 1.57. The molecule has 2 rings (SSSR count). The van der Waals surface area contributed by atoms with E-state index in [1.807, 2.05) is 18.2 Å². The average Bonchev–Trinajstić information content (AvgIpc) is 2.55. The molecule has 2 N–H and O–H groups in total. The lowest BCUT2D eigenvalue weighted by Crippen LogP contribution is -1.99. The maximum absolute atomic E-state index is 11.0. The van der Waals surface area contributed by atoms with Gasteiger partial charge in [-0.15, -0.1) is 0 Å². The summed E-state index contributed by atoms with van der Waals surface area (Å²) in [5, 5.41) is 0.456. The Hall–Kier alpha value is -1.16. The van der Waals surface area contributed by atoms with Crippen molar-refractivity contribution in [3.8, 4) is 0 Å². The fourth-order valence-electron chi connectivity index (χ4n) is 1.44. The molecule has 0 saturated heterocycles. The van der Waals surface area contributed by atoms with Crippen LogP contribution in [-0.2, 0) is 0 Å². The molecule has 0 spiro atoms. The van der Waals surface area contributed by atoms with Crippen molar-refractivity contribution in [2.45, 2.75) is 12.2 Å². The minimum atomic E-state index is -0.144. The predicted molar refractivity (Wildman–Crippen MR) is 60.8 cm³/mol. The van der Waals surface area contributed by atoms with Gasteiger partial charge >= 0.3 is 5.69 Å². The van der Waals surface area contributed by atoms with Gasteiger partial charge in [-0.3, -0.25) is 0 Å². The van der Waals surface area contributed by atoms with E-state index in [1.165, 1.54) is 5.56 Å². The number of H-pyrrole nitrogens is 2. The van der Waals surface area contributed by atoms with E-state index < -0.39 is 0 Å². The largest absolute Gasteiger partial charge is 0.323 e. The van der Waals surface area contributed by atoms with Gasteiger partial charge in [0.15, 0.2) is 0 Å². The van der Waals surface area contributed by atoms with E-state index in [4.69, 9.17) is 0 Å². The number of aromatic amines is 2. The molecule has 1 unspecified atom stereocenters. The molecule has 2 aromatic rings. The van der Waals surface area contributed by atoms with Gasteiger partial charge < -0.3 is 9.97 Å². The Morgan fingerprint density at radius 2 is 2.00 bits per heavy atom. The fourth-order valence-corrected chi connectivity index (χ4v) is 1.86. The molecule has 74 valence electrons. The van der Waals surface area contributed by atoms with Crippen LogP contribution in [0.1, 0.15) is 17.7 Å². The van der Waals surface area contributed by atoms with Gasteiger partial charge in [-0.05, 0) is 30.9 Å². The summed E-state index contributed by atoms with van der Waals surface area (Å²) in [5.74, 6) is 0. The van der Waals surface area contributed by atoms with Gasteiger partial charge in [0.05, 0.1) is 11.0 Å². The van der Waals surface area contributed by atoms with Crippen LogP contribution in [0, 0.1) is 0 Å². The highest BCUT2D eigenvalue weighted by atomic mass is 32.2. The molecular formula is C10H12N2OS. The van der Waals surface area contributed by atoms with E-state index in [0.29, 0.717) is 5.25 Å². The molecule has 0 aliphatic carbocycles. The van der Waals surface area contributed by atoms with E-state index in [9.17, 15) is 4.79 Å². The Morgan fingerprint density at radius 3 is 2.71 bits per heavy atom. The highest BCUT2D eigenvalue weighted by Gasteiger charge is 2.05. The molecule has 3 nitrogen and oxygen atoms in total. The Bertz CT molecular complexity index is 500. The van der Waals surface area contributed by atoms with Crippen molar-refractivity contribution in [1.82, 2.24) is 9.97 Å². The van der Waals surface area contributed by atoms with E-state index in [0.717, 1.165) is 11.0 Å². The van der Waals surface area contributed by atoms with E-state index in [1.54, 1.807) is 11.8 Å². The van der Waals surface area contributed by atoms with E-state index in [2.05, 4.69) is 23.1 Å². The molecule has 1 atom stereocenters. The van der Waals surface area contributed by atoms with E-state index >= 15 is 0 Å². The second kappa shape index (κ2) is 3.53. The maximum Gasteiger partial charge on any atom is 0.323 e. The monoisotopic (exact) mass is 208 g/mol. The number of thioether (sulfide) groups is 1. The third-order valence-electron chi connectivity index (χ3n) is 2.36. The second-order valence-electron chi connectivity index (χ2n) is 3.26. The first-order valence-electron chi connectivity index (χ1n) is 4.45. The molecule has 1 aromatic heterocycles. The summed E-state index contributed by atoms with van der Waals surface area (Å²) in [4.78, 5) is 16.5. The SMILES string of the molecule is CSC(C)c1ccc2[nH]c(=O)[nH]c2c1. The van der Waals surface area contributed by atoms with E-state index in [-0.39, 0.29) is 5.69 Å². The summed E-state index contributed by atoms with van der Waals surface area (Å²) < 4.78 is 0. The highest BCUT2D eigenvalue weighted by Crippen LogP contribution is 2.26. The molecule has 0 fully saturated rings. The van der Waals surface area contributed by atoms with Gasteiger partial charge in [0.1, 0.15) is 0 Å². The van der Waals surface area contributed by atoms with Crippen LogP contribution in [0.3, 0.4) is 0 Å². The summed E-state index contributed by atoms with van der Waals surface area (Å²) >= 11 is 1.79. The normalized spacial score (nSPS) is 13.3. The van der Waals surface area contributed by atoms with Gasteiger partial charge in [0, 0.05) is 5.25 Å². The number of hydrogen-bond donors (Lipinski definition) is 2. The zero-order valence-corrected chi connectivity index (χ0v) is 8.94. The Kier molecular flexibility index (Phi) is 2.37. The molecule has 1 aromatic carbocycles. The van der Waals surface area contributed by atoms with Crippen molar-refractivity contribution in [2.75, 3.05) is 6.26 Å². The molecule has 1 heterocycles. The van der Waals surface area contributed by atoms with Crippen LogP contribution in [0.15, 0.2) is 23.0 Å². The highest BCUT2D eigenvalue weighted by molar-refractivity contribution is 7.98. The van der Waals surface area contributed by atoms with Crippen LogP contribution in [0.4, 0.5) is 0 Å². The summed E-state index contributed by atoms with van der Waals surface area (Å²) in [6.45, 7) is 2.15. The smallest absolute Gasteiger partial charge is 0.306 e. The first kappa shape index (κ1) is 9.40. The summed E-state index contributed by atoms with van der Waals surface area (Å²) in [6, 6.07) is 6.01. The fraction of sp³-hybridized carbons (Fsp3) is 0.300. The maximum atomic E-state index is 11.0. The Morgan fingerprint density at radius 1 is 1.29 bits per heavy atom. The molecule has 0 bridgehead atoms. The van der Waals surface area contributed by atoms with Gasteiger partial charge in [-0.2, -0.15) is 11.8 Å². The van der Waals surface area contributed by atoms with Crippen LogP contribution in [0.5, 0.6) is 0 Å². The number of fused-ring (bicyclic) bond motifs is 1. The van der Waals surface area contributed by atoms with Crippen molar-refractivity contribution in [3.63, 3.8) is 0 Å². The molecular weight excluding hydrogens is 196 g/mol. The molecule has 0 radical (unpaired) electrons. The summed E-state index contributed by atoms with van der Waals surface area (Å²) in [5.41, 5.74) is 2.84. The molecule has 14 heavy (non-hydrogen) atoms. The first-order chi connectivity index (χ1) is 6.70. The number of rotatable bonds is 2. The van der Waals surface area contributed by atoms with Crippen LogP contribution in [0.25, 0.3) is 11.0 Å². The topological polar surface area (TPSA) is 48.6 Å². The van der Waals surface area contributed by atoms with Crippen molar-refractivity contribution >= 4 is 22.8 Å². The number of imidazole rings is 1. The number of hydrogen-bond acceptors (Lipinski definition) is 2. The summed E-state index contributed by atoms with van der Waals surface area (Å²) in [6.07, 6.45) is 2.08. The van der Waals surface area contributed by atoms with Crippen molar-refractivity contribution < 1.29 is 0 Å². The minimum Gasteiger partial charge on any atom is -0.306 e. The van der Waals surface area contributed by atoms with Gasteiger partial charge in [0.2, 0.25) is 0 Å². The third-order valence-corrected chi connectivity index (χ3v) is 3.34. The zero-order valence-electron chi connectivity index (χ0n) is 8.13. The lowest BCUT2D eigenvalue weighted by molar-refractivity contribution is 1.11. The van der Waals surface area contributed by atoms with Gasteiger partial charge in [-0.25, -0.2) is 4.79 Å². The molecule has 4 heteroatoms. The Labute approximate surface area is 85.9 Å². The van der Waals surface area contributed by atoms with Crippen molar-refractivity contribution in [2.24, 2.45) is 0 Å².